The maximum atomic E-state index is 11.7. The SMILES string of the molecule is CCCCCCCCCCCCCCCCCCCCCc1ccc(N2C(=O)C=CC2=O)cc1. The Morgan fingerprint density at radius 3 is 1.24 bits per heavy atom. The first kappa shape index (κ1) is 28.3. The van der Waals surface area contributed by atoms with Crippen molar-refractivity contribution in [2.24, 2.45) is 0 Å². The van der Waals surface area contributed by atoms with E-state index in [9.17, 15) is 9.59 Å². The van der Waals surface area contributed by atoms with Crippen LogP contribution in [0.1, 0.15) is 134 Å². The summed E-state index contributed by atoms with van der Waals surface area (Å²) < 4.78 is 0. The van der Waals surface area contributed by atoms with Gasteiger partial charge in [0.05, 0.1) is 5.69 Å². The summed E-state index contributed by atoms with van der Waals surface area (Å²) in [6.07, 6.45) is 30.4. The van der Waals surface area contributed by atoms with Crippen molar-refractivity contribution in [2.75, 3.05) is 4.90 Å². The minimum Gasteiger partial charge on any atom is -0.269 e. The molecule has 0 fully saturated rings. The summed E-state index contributed by atoms with van der Waals surface area (Å²) in [5, 5.41) is 0. The average molecular weight is 468 g/mol. The molecule has 0 aliphatic carbocycles. The van der Waals surface area contributed by atoms with Crippen molar-refractivity contribution < 1.29 is 9.59 Å². The van der Waals surface area contributed by atoms with E-state index in [0.717, 1.165) is 6.42 Å². The van der Waals surface area contributed by atoms with Crippen LogP contribution in [0.4, 0.5) is 5.69 Å². The summed E-state index contributed by atoms with van der Waals surface area (Å²) in [5.74, 6) is -0.506. The van der Waals surface area contributed by atoms with Gasteiger partial charge in [-0.15, -0.1) is 0 Å². The van der Waals surface area contributed by atoms with Gasteiger partial charge in [0.15, 0.2) is 0 Å². The summed E-state index contributed by atoms with van der Waals surface area (Å²) in [7, 11) is 0. The zero-order valence-electron chi connectivity index (χ0n) is 21.9. The number of amides is 2. The third-order valence-corrected chi connectivity index (χ3v) is 7.07. The van der Waals surface area contributed by atoms with Crippen molar-refractivity contribution >= 4 is 17.5 Å². The van der Waals surface area contributed by atoms with Crippen molar-refractivity contribution in [2.45, 2.75) is 135 Å². The highest BCUT2D eigenvalue weighted by molar-refractivity contribution is 6.28. The number of unbranched alkanes of at least 4 members (excludes halogenated alkanes) is 18. The van der Waals surface area contributed by atoms with Crippen molar-refractivity contribution in [1.82, 2.24) is 0 Å². The minimum absolute atomic E-state index is 0.253. The predicted octanol–water partition coefficient (Wildman–Crippen LogP) is 9.09. The molecule has 190 valence electrons. The summed E-state index contributed by atoms with van der Waals surface area (Å²) >= 11 is 0. The second-order valence-electron chi connectivity index (χ2n) is 10.1. The molecule has 0 unspecified atom stereocenters. The summed E-state index contributed by atoms with van der Waals surface area (Å²) in [5.41, 5.74) is 1.94. The van der Waals surface area contributed by atoms with Gasteiger partial charge in [0.1, 0.15) is 0 Å². The van der Waals surface area contributed by atoms with Gasteiger partial charge in [0.25, 0.3) is 11.8 Å². The maximum Gasteiger partial charge on any atom is 0.258 e. The smallest absolute Gasteiger partial charge is 0.258 e. The van der Waals surface area contributed by atoms with Gasteiger partial charge in [-0.1, -0.05) is 135 Å². The Hall–Kier alpha value is -1.90. The molecule has 0 atom stereocenters. The summed E-state index contributed by atoms with van der Waals surface area (Å²) in [6, 6.07) is 7.85. The topological polar surface area (TPSA) is 37.4 Å². The van der Waals surface area contributed by atoms with Gasteiger partial charge < -0.3 is 0 Å². The van der Waals surface area contributed by atoms with Crippen LogP contribution in [0.2, 0.25) is 0 Å². The zero-order chi connectivity index (χ0) is 24.3. The van der Waals surface area contributed by atoms with Crippen molar-refractivity contribution in [3.05, 3.63) is 42.0 Å². The molecule has 0 aromatic heterocycles. The number of aryl methyl sites for hydroxylation is 1. The molecule has 2 amide bonds. The van der Waals surface area contributed by atoms with E-state index < -0.39 is 0 Å². The van der Waals surface area contributed by atoms with E-state index in [0.29, 0.717) is 5.69 Å². The lowest BCUT2D eigenvalue weighted by Crippen LogP contribution is -2.29. The monoisotopic (exact) mass is 467 g/mol. The van der Waals surface area contributed by atoms with Crippen LogP contribution in [-0.2, 0) is 16.0 Å². The number of anilines is 1. The number of carbonyl (C=O) groups is 2. The number of nitrogens with zero attached hydrogens (tertiary/aromatic N) is 1. The average Bonchev–Trinajstić information content (AvgIpc) is 3.18. The maximum absolute atomic E-state index is 11.7. The van der Waals surface area contributed by atoms with Crippen LogP contribution in [0.3, 0.4) is 0 Å². The predicted molar refractivity (Wildman–Crippen MR) is 145 cm³/mol. The van der Waals surface area contributed by atoms with Crippen LogP contribution in [0.5, 0.6) is 0 Å². The molecule has 0 N–H and O–H groups in total. The van der Waals surface area contributed by atoms with E-state index >= 15 is 0 Å². The fraction of sp³-hybridized carbons (Fsp3) is 0.677. The standard InChI is InChI=1S/C31H49NO2/c1-2-3-4-5-6-7-8-9-10-11-12-13-14-15-16-17-18-19-20-21-28-22-24-29(25-23-28)32-30(33)26-27-31(32)34/h22-27H,2-21H2,1H3. The van der Waals surface area contributed by atoms with E-state index in [4.69, 9.17) is 0 Å². The van der Waals surface area contributed by atoms with Gasteiger partial charge >= 0.3 is 0 Å². The van der Waals surface area contributed by atoms with E-state index in [1.54, 1.807) is 0 Å². The Morgan fingerprint density at radius 1 is 0.500 bits per heavy atom. The fourth-order valence-electron chi connectivity index (χ4n) is 4.87. The molecule has 1 heterocycles. The molecule has 0 spiro atoms. The number of benzene rings is 1. The highest BCUT2D eigenvalue weighted by Crippen LogP contribution is 2.21. The van der Waals surface area contributed by atoms with Crippen molar-refractivity contribution in [1.29, 1.82) is 0 Å². The third-order valence-electron chi connectivity index (χ3n) is 7.07. The van der Waals surface area contributed by atoms with Gasteiger partial charge in [-0.2, -0.15) is 0 Å². The number of imide groups is 1. The first-order valence-electron chi connectivity index (χ1n) is 14.4. The van der Waals surface area contributed by atoms with Gasteiger partial charge in [-0.25, -0.2) is 4.90 Å². The Kier molecular flexibility index (Phi) is 15.4. The van der Waals surface area contributed by atoms with Crippen molar-refractivity contribution in [3.63, 3.8) is 0 Å². The molecule has 0 bridgehead atoms. The Morgan fingerprint density at radius 2 is 0.853 bits per heavy atom. The zero-order valence-corrected chi connectivity index (χ0v) is 21.9. The molecule has 1 aromatic rings. The van der Waals surface area contributed by atoms with Crippen LogP contribution in [0.15, 0.2) is 36.4 Å². The Bertz CT molecular complexity index is 689. The molecule has 0 radical (unpaired) electrons. The second-order valence-corrected chi connectivity index (χ2v) is 10.1. The molecule has 1 aliphatic heterocycles. The molecule has 1 aliphatic rings. The normalized spacial score (nSPS) is 13.4. The summed E-state index contributed by atoms with van der Waals surface area (Å²) in [4.78, 5) is 24.7. The molecule has 3 heteroatoms. The molecule has 0 saturated heterocycles. The second kappa shape index (κ2) is 18.4. The van der Waals surface area contributed by atoms with Gasteiger partial charge in [-0.3, -0.25) is 9.59 Å². The summed E-state index contributed by atoms with van der Waals surface area (Å²) in [6.45, 7) is 2.29. The first-order chi connectivity index (χ1) is 16.7. The van der Waals surface area contributed by atoms with E-state index in [-0.39, 0.29) is 11.8 Å². The first-order valence-corrected chi connectivity index (χ1v) is 14.4. The molecule has 1 aromatic carbocycles. The number of rotatable bonds is 21. The molecule has 34 heavy (non-hydrogen) atoms. The van der Waals surface area contributed by atoms with Gasteiger partial charge in [-0.05, 0) is 30.5 Å². The van der Waals surface area contributed by atoms with E-state index in [2.05, 4.69) is 6.92 Å². The number of carbonyl (C=O) groups excluding carboxylic acids is 2. The lowest BCUT2D eigenvalue weighted by molar-refractivity contribution is -0.119. The van der Waals surface area contributed by atoms with E-state index in [1.165, 1.54) is 145 Å². The lowest BCUT2D eigenvalue weighted by Gasteiger charge is -2.14. The van der Waals surface area contributed by atoms with Crippen LogP contribution >= 0.6 is 0 Å². The van der Waals surface area contributed by atoms with Gasteiger partial charge in [0.2, 0.25) is 0 Å². The largest absolute Gasteiger partial charge is 0.269 e. The highest BCUT2D eigenvalue weighted by atomic mass is 16.2. The van der Waals surface area contributed by atoms with Crippen molar-refractivity contribution in [3.8, 4) is 0 Å². The quantitative estimate of drug-likeness (QED) is 0.133. The number of hydrogen-bond donors (Lipinski definition) is 0. The highest BCUT2D eigenvalue weighted by Gasteiger charge is 2.24. The molecular weight excluding hydrogens is 418 g/mol. The Balaban J connectivity index is 1.33. The van der Waals surface area contributed by atoms with Crippen LogP contribution in [0, 0.1) is 0 Å². The number of hydrogen-bond acceptors (Lipinski definition) is 2. The van der Waals surface area contributed by atoms with Gasteiger partial charge in [0, 0.05) is 12.2 Å². The lowest BCUT2D eigenvalue weighted by atomic mass is 10.0. The third kappa shape index (κ3) is 12.0. The fourth-order valence-corrected chi connectivity index (χ4v) is 4.87. The molecule has 3 nitrogen and oxygen atoms in total. The van der Waals surface area contributed by atoms with E-state index in [1.807, 2.05) is 24.3 Å². The molecule has 0 saturated carbocycles. The van der Waals surface area contributed by atoms with Crippen LogP contribution in [-0.4, -0.2) is 11.8 Å². The minimum atomic E-state index is -0.253. The van der Waals surface area contributed by atoms with Crippen LogP contribution in [0.25, 0.3) is 0 Å². The Labute approximate surface area is 209 Å². The van der Waals surface area contributed by atoms with Crippen LogP contribution < -0.4 is 4.90 Å². The molecular formula is C31H49NO2. The molecule has 2 rings (SSSR count).